The van der Waals surface area contributed by atoms with Crippen molar-refractivity contribution in [1.29, 1.82) is 0 Å². The third-order valence-electron chi connectivity index (χ3n) is 11.0. The first-order valence-electron chi connectivity index (χ1n) is 18.6. The smallest absolute Gasteiger partial charge is 0.164 e. The van der Waals surface area contributed by atoms with Crippen LogP contribution in [0.4, 0.5) is 0 Å². The Labute approximate surface area is 309 Å². The van der Waals surface area contributed by atoms with Gasteiger partial charge < -0.3 is 4.42 Å². The third-order valence-corrected chi connectivity index (χ3v) is 11.0. The van der Waals surface area contributed by atoms with Crippen LogP contribution in [0.25, 0.3) is 56.1 Å². The van der Waals surface area contributed by atoms with Gasteiger partial charge in [0.2, 0.25) is 0 Å². The molecule has 0 amide bonds. The molecule has 4 nitrogen and oxygen atoms in total. The van der Waals surface area contributed by atoms with Crippen molar-refractivity contribution < 1.29 is 4.42 Å². The lowest BCUT2D eigenvalue weighted by Crippen LogP contribution is -2.09. The first-order valence-corrected chi connectivity index (χ1v) is 18.6. The number of nitrogens with zero attached hydrogens (tertiary/aromatic N) is 3. The molecule has 2 aromatic heterocycles. The summed E-state index contributed by atoms with van der Waals surface area (Å²) in [6.45, 7) is 0. The van der Waals surface area contributed by atoms with E-state index in [9.17, 15) is 0 Å². The molecule has 0 saturated carbocycles. The molecule has 5 aromatic carbocycles. The van der Waals surface area contributed by atoms with Crippen molar-refractivity contribution >= 4 is 44.7 Å². The molecule has 7 aromatic rings. The second-order valence-electron chi connectivity index (χ2n) is 14.2. The second-order valence-corrected chi connectivity index (χ2v) is 14.2. The summed E-state index contributed by atoms with van der Waals surface area (Å²) in [6.07, 6.45) is 19.4. The van der Waals surface area contributed by atoms with Crippen molar-refractivity contribution in [1.82, 2.24) is 15.0 Å². The minimum absolute atomic E-state index is 0.255. The van der Waals surface area contributed by atoms with Crippen molar-refractivity contribution in [3.05, 3.63) is 197 Å². The molecule has 0 bridgehead atoms. The number of allylic oxidation sites excluding steroid dienone is 9. The summed E-state index contributed by atoms with van der Waals surface area (Å²) in [4.78, 5) is 15.4. The Balaban J connectivity index is 0.998. The zero-order valence-corrected chi connectivity index (χ0v) is 29.3. The quantitative estimate of drug-likeness (QED) is 0.175. The lowest BCUT2D eigenvalue weighted by atomic mass is 9.83. The molecular weight excluding hydrogens is 647 g/mol. The average Bonchev–Trinajstić information content (AvgIpc) is 3.63. The Morgan fingerprint density at radius 1 is 0.566 bits per heavy atom. The SMILES string of the molecule is C1=CC(c2ccccc2)CC=C1c1nc(C2=CC=C(c3ccccc3)CC2)nc(-c2ccc3c(c2)C=CC(c2cccc4oc5ccccc5c24)C3)n1. The molecule has 0 spiro atoms. The fraction of sp³-hybridized carbons (Fsp3) is 0.122. The zero-order valence-electron chi connectivity index (χ0n) is 29.3. The molecule has 0 saturated heterocycles. The van der Waals surface area contributed by atoms with E-state index in [4.69, 9.17) is 19.4 Å². The molecule has 2 atom stereocenters. The van der Waals surface area contributed by atoms with E-state index >= 15 is 0 Å². The number of aromatic nitrogens is 3. The van der Waals surface area contributed by atoms with E-state index in [-0.39, 0.29) is 5.92 Å². The minimum Gasteiger partial charge on any atom is -0.456 e. The second kappa shape index (κ2) is 13.3. The molecule has 2 unspecified atom stereocenters. The van der Waals surface area contributed by atoms with Crippen LogP contribution in [0, 0.1) is 0 Å². The predicted molar refractivity (Wildman–Crippen MR) is 217 cm³/mol. The highest BCUT2D eigenvalue weighted by atomic mass is 16.3. The van der Waals surface area contributed by atoms with Gasteiger partial charge in [-0.2, -0.15) is 0 Å². The van der Waals surface area contributed by atoms with Gasteiger partial charge in [-0.1, -0.05) is 146 Å². The minimum atomic E-state index is 0.255. The molecule has 254 valence electrons. The first-order chi connectivity index (χ1) is 26.2. The summed E-state index contributed by atoms with van der Waals surface area (Å²) >= 11 is 0. The van der Waals surface area contributed by atoms with Gasteiger partial charge in [-0.05, 0) is 82.8 Å². The van der Waals surface area contributed by atoms with Crippen LogP contribution in [0.2, 0.25) is 0 Å². The highest BCUT2D eigenvalue weighted by molar-refractivity contribution is 6.07. The maximum atomic E-state index is 6.22. The molecule has 3 aliphatic rings. The summed E-state index contributed by atoms with van der Waals surface area (Å²) < 4.78 is 6.22. The van der Waals surface area contributed by atoms with Crippen molar-refractivity contribution in [2.75, 3.05) is 0 Å². The van der Waals surface area contributed by atoms with Crippen LogP contribution in [-0.2, 0) is 6.42 Å². The van der Waals surface area contributed by atoms with E-state index in [1.807, 2.05) is 6.07 Å². The van der Waals surface area contributed by atoms with Crippen LogP contribution in [0.3, 0.4) is 0 Å². The van der Waals surface area contributed by atoms with E-state index < -0.39 is 0 Å². The zero-order chi connectivity index (χ0) is 35.1. The fourth-order valence-corrected chi connectivity index (χ4v) is 8.15. The number of furan rings is 1. The van der Waals surface area contributed by atoms with E-state index in [0.717, 1.165) is 65.2 Å². The monoisotopic (exact) mass is 683 g/mol. The Morgan fingerprint density at radius 2 is 1.30 bits per heavy atom. The lowest BCUT2D eigenvalue weighted by Gasteiger charge is -2.21. The first kappa shape index (κ1) is 31.4. The van der Waals surface area contributed by atoms with E-state index in [0.29, 0.717) is 11.7 Å². The Kier molecular flexibility index (Phi) is 7.87. The van der Waals surface area contributed by atoms with Crippen LogP contribution < -0.4 is 0 Å². The summed E-state index contributed by atoms with van der Waals surface area (Å²) in [5, 5.41) is 2.39. The van der Waals surface area contributed by atoms with Crippen molar-refractivity contribution in [2.24, 2.45) is 0 Å². The summed E-state index contributed by atoms with van der Waals surface area (Å²) in [6, 6.07) is 42.8. The number of fused-ring (bicyclic) bond motifs is 4. The number of hydrogen-bond acceptors (Lipinski definition) is 4. The molecule has 0 aliphatic heterocycles. The molecule has 3 aliphatic carbocycles. The summed E-state index contributed by atoms with van der Waals surface area (Å²) in [5.74, 6) is 2.78. The van der Waals surface area contributed by atoms with Crippen LogP contribution in [0.1, 0.15) is 70.6 Å². The molecule has 2 heterocycles. The normalized spacial score (nSPS) is 18.1. The van der Waals surface area contributed by atoms with E-state index in [1.54, 1.807) is 0 Å². The standard InChI is InChI=1S/C49H37N3O/c1-3-10-32(11-4-1)34-18-22-36(23-19-34)47-50-48(37-24-20-35(21-25-37)33-12-5-2-6-13-33)52-49(51-47)41-29-27-38-30-40(28-26-39(38)31-41)42-15-9-17-45-46(42)43-14-7-8-16-44(43)53-45/h1-18,20,22-24,26-29,31,34,40H,19,21,25,30H2. The average molecular weight is 684 g/mol. The fourth-order valence-electron chi connectivity index (χ4n) is 8.15. The van der Waals surface area contributed by atoms with Gasteiger partial charge in [0.05, 0.1) is 0 Å². The Morgan fingerprint density at radius 3 is 2.13 bits per heavy atom. The highest BCUT2D eigenvalue weighted by Gasteiger charge is 2.23. The van der Waals surface area contributed by atoms with Gasteiger partial charge in [-0.25, -0.2) is 15.0 Å². The lowest BCUT2D eigenvalue weighted by molar-refractivity contribution is 0.668. The van der Waals surface area contributed by atoms with Crippen LogP contribution >= 0.6 is 0 Å². The topological polar surface area (TPSA) is 51.8 Å². The third kappa shape index (κ3) is 5.96. The maximum Gasteiger partial charge on any atom is 0.164 e. The molecule has 0 radical (unpaired) electrons. The molecule has 0 fully saturated rings. The largest absolute Gasteiger partial charge is 0.456 e. The van der Waals surface area contributed by atoms with Gasteiger partial charge in [0.15, 0.2) is 17.5 Å². The van der Waals surface area contributed by atoms with Gasteiger partial charge in [0.1, 0.15) is 11.2 Å². The van der Waals surface area contributed by atoms with Crippen LogP contribution in [-0.4, -0.2) is 15.0 Å². The molecule has 10 rings (SSSR count). The number of rotatable bonds is 6. The Hall–Kier alpha value is -6.39. The van der Waals surface area contributed by atoms with Gasteiger partial charge in [0.25, 0.3) is 0 Å². The van der Waals surface area contributed by atoms with Crippen LogP contribution in [0.5, 0.6) is 0 Å². The number of para-hydroxylation sites is 1. The number of benzene rings is 5. The number of hydrogen-bond donors (Lipinski definition) is 0. The van der Waals surface area contributed by atoms with Gasteiger partial charge in [-0.3, -0.25) is 0 Å². The van der Waals surface area contributed by atoms with Crippen molar-refractivity contribution in [2.45, 2.75) is 37.5 Å². The molecule has 53 heavy (non-hydrogen) atoms. The van der Waals surface area contributed by atoms with Gasteiger partial charge in [-0.15, -0.1) is 0 Å². The van der Waals surface area contributed by atoms with E-state index in [1.165, 1.54) is 44.2 Å². The Bertz CT molecular complexity index is 2680. The molecule has 4 heteroatoms. The highest BCUT2D eigenvalue weighted by Crippen LogP contribution is 2.40. The van der Waals surface area contributed by atoms with Gasteiger partial charge >= 0.3 is 0 Å². The van der Waals surface area contributed by atoms with Crippen LogP contribution in [0.15, 0.2) is 162 Å². The summed E-state index contributed by atoms with van der Waals surface area (Å²) in [5.41, 5.74) is 12.8. The predicted octanol–water partition coefficient (Wildman–Crippen LogP) is 12.2. The summed E-state index contributed by atoms with van der Waals surface area (Å²) in [7, 11) is 0. The molecule has 0 N–H and O–H groups in total. The van der Waals surface area contributed by atoms with Crippen molar-refractivity contribution in [3.63, 3.8) is 0 Å². The maximum absolute atomic E-state index is 6.22. The van der Waals surface area contributed by atoms with Gasteiger partial charge in [0, 0.05) is 33.7 Å². The van der Waals surface area contributed by atoms with E-state index in [2.05, 4.69) is 158 Å². The van der Waals surface area contributed by atoms with Crippen molar-refractivity contribution in [3.8, 4) is 11.4 Å². The molecular formula is C49H37N3O.